The molecule has 364 valence electrons. The Bertz CT molecular complexity index is 4740. The van der Waals surface area contributed by atoms with Crippen LogP contribution < -0.4 is 9.80 Å². The second-order valence-electron chi connectivity index (χ2n) is 21.8. The van der Waals surface area contributed by atoms with Gasteiger partial charge in [0.15, 0.2) is 0 Å². The molecule has 0 aliphatic heterocycles. The van der Waals surface area contributed by atoms with Gasteiger partial charge in [-0.3, -0.25) is 0 Å². The van der Waals surface area contributed by atoms with Crippen molar-refractivity contribution in [2.75, 3.05) is 9.80 Å². The number of para-hydroxylation sites is 4. The quantitative estimate of drug-likeness (QED) is 0.159. The van der Waals surface area contributed by atoms with Gasteiger partial charge in [-0.15, -0.1) is 0 Å². The molecule has 0 amide bonds. The molecule has 0 aliphatic carbocycles. The summed E-state index contributed by atoms with van der Waals surface area (Å²) in [6.45, 7) is 6.84. The second kappa shape index (κ2) is 16.3. The molecule has 16 aromatic rings. The van der Waals surface area contributed by atoms with Gasteiger partial charge in [-0.1, -0.05) is 130 Å². The molecule has 77 heavy (non-hydrogen) atoms. The number of benzene rings is 12. The molecule has 0 N–H and O–H groups in total. The summed E-state index contributed by atoms with van der Waals surface area (Å²) in [4.78, 5) is 4.72. The van der Waals surface area contributed by atoms with E-state index >= 15 is 0 Å². The molecule has 12 aromatic carbocycles. The first-order valence-corrected chi connectivity index (χ1v) is 26.5. The molecule has 0 unspecified atom stereocenters. The summed E-state index contributed by atoms with van der Waals surface area (Å²) in [7, 11) is 0. The number of furan rings is 2. The number of aromatic nitrogens is 1. The number of hydrogen-bond acceptors (Lipinski definition) is 4. The minimum atomic E-state index is 0.0611. The fraction of sp³-hybridized carbons (Fsp3) is 0.0556. The van der Waals surface area contributed by atoms with Crippen LogP contribution in [0.4, 0.5) is 34.1 Å². The lowest BCUT2D eigenvalue weighted by molar-refractivity contribution is 0.590. The number of anilines is 6. The molecule has 0 saturated carbocycles. The van der Waals surface area contributed by atoms with Crippen molar-refractivity contribution in [1.82, 2.24) is 4.40 Å². The van der Waals surface area contributed by atoms with Gasteiger partial charge >= 0.3 is 0 Å². The summed E-state index contributed by atoms with van der Waals surface area (Å²) in [6.07, 6.45) is 0. The molecule has 4 aromatic heterocycles. The first-order chi connectivity index (χ1) is 37.8. The summed E-state index contributed by atoms with van der Waals surface area (Å²) in [5.41, 5.74) is 17.4. The van der Waals surface area contributed by atoms with Gasteiger partial charge in [0, 0.05) is 77.2 Å². The van der Waals surface area contributed by atoms with E-state index in [9.17, 15) is 0 Å². The number of fused-ring (bicyclic) bond motifs is 14. The molecule has 0 atom stereocenters. The van der Waals surface area contributed by atoms with Crippen LogP contribution in [0.5, 0.6) is 0 Å². The van der Waals surface area contributed by atoms with Crippen molar-refractivity contribution < 1.29 is 8.83 Å². The van der Waals surface area contributed by atoms with E-state index in [0.717, 1.165) is 78.0 Å². The highest BCUT2D eigenvalue weighted by Gasteiger charge is 2.24. The molecular formula is C72H49N3O2. The van der Waals surface area contributed by atoms with Crippen LogP contribution in [-0.2, 0) is 5.41 Å². The number of rotatable bonds is 7. The first-order valence-electron chi connectivity index (χ1n) is 26.5. The largest absolute Gasteiger partial charge is 0.456 e. The Morgan fingerprint density at radius 2 is 0.727 bits per heavy atom. The predicted molar refractivity (Wildman–Crippen MR) is 324 cm³/mol. The minimum Gasteiger partial charge on any atom is -0.456 e. The third kappa shape index (κ3) is 6.80. The van der Waals surface area contributed by atoms with E-state index in [4.69, 9.17) is 8.83 Å². The van der Waals surface area contributed by atoms with Crippen LogP contribution in [0.2, 0.25) is 0 Å². The standard InChI is InChI=1S/C72H49N3O2/c1-72(2,3)50-26-22-44(23-27-50)49-38-63-59-36-45-24-28-53(73(51-14-6-4-7-15-51)55-30-32-69-61(42-55)57-18-10-12-20-67(57)76-69)34-47(45)40-65(59)75-66-41-48-35-54(29-25-46(48)37-60(66)64(39-49)71(63)75)74(52-16-8-5-9-17-52)56-31-33-70-62(43-56)58-19-11-13-21-68(58)77-70/h4-43H,1-3H3. The Hall–Kier alpha value is -9.84. The summed E-state index contributed by atoms with van der Waals surface area (Å²) in [5, 5.41) is 14.1. The van der Waals surface area contributed by atoms with E-state index in [2.05, 4.69) is 253 Å². The molecular weight excluding hydrogens is 939 g/mol. The molecule has 0 bridgehead atoms. The van der Waals surface area contributed by atoms with Crippen molar-refractivity contribution >= 4 is 138 Å². The van der Waals surface area contributed by atoms with Crippen LogP contribution in [0.15, 0.2) is 251 Å². The summed E-state index contributed by atoms with van der Waals surface area (Å²) in [6, 6.07) is 88.7. The average Bonchev–Trinajstić information content (AvgIpc) is 4.21. The Morgan fingerprint density at radius 3 is 1.21 bits per heavy atom. The highest BCUT2D eigenvalue weighted by atomic mass is 16.3. The predicted octanol–water partition coefficient (Wildman–Crippen LogP) is 20.8. The molecule has 0 saturated heterocycles. The fourth-order valence-corrected chi connectivity index (χ4v) is 12.4. The normalized spacial score (nSPS) is 12.4. The van der Waals surface area contributed by atoms with Crippen molar-refractivity contribution in [2.24, 2.45) is 0 Å². The maximum atomic E-state index is 6.30. The van der Waals surface area contributed by atoms with Crippen molar-refractivity contribution in [2.45, 2.75) is 26.2 Å². The van der Waals surface area contributed by atoms with Crippen LogP contribution >= 0.6 is 0 Å². The SMILES string of the molecule is CC(C)(C)c1ccc(-c2cc3c4cc5ccc(N(c6ccccc6)c6ccc7oc8ccccc8c7c6)cc5cc4n4c5cc6cc(N(c7ccccc7)c7ccc8oc9ccccc9c8c7)ccc6cc5c(c2)c34)cc1. The minimum absolute atomic E-state index is 0.0611. The molecule has 5 nitrogen and oxygen atoms in total. The molecule has 0 aliphatic rings. The van der Waals surface area contributed by atoms with Crippen molar-refractivity contribution in [3.05, 3.63) is 248 Å². The number of hydrogen-bond donors (Lipinski definition) is 0. The summed E-state index contributed by atoms with van der Waals surface area (Å²) in [5.74, 6) is 0. The van der Waals surface area contributed by atoms with Crippen LogP contribution in [-0.4, -0.2) is 4.40 Å². The average molecular weight is 988 g/mol. The summed E-state index contributed by atoms with van der Waals surface area (Å²) < 4.78 is 15.1. The van der Waals surface area contributed by atoms with E-state index in [0.29, 0.717) is 0 Å². The van der Waals surface area contributed by atoms with Crippen LogP contribution in [0.25, 0.3) is 115 Å². The summed E-state index contributed by atoms with van der Waals surface area (Å²) >= 11 is 0. The van der Waals surface area contributed by atoms with Gasteiger partial charge in [0.1, 0.15) is 22.3 Å². The topological polar surface area (TPSA) is 37.2 Å². The molecule has 0 spiro atoms. The van der Waals surface area contributed by atoms with Gasteiger partial charge in [-0.25, -0.2) is 0 Å². The van der Waals surface area contributed by atoms with Crippen LogP contribution in [0.3, 0.4) is 0 Å². The van der Waals surface area contributed by atoms with Gasteiger partial charge in [0.2, 0.25) is 0 Å². The van der Waals surface area contributed by atoms with Crippen molar-refractivity contribution in [3.8, 4) is 11.1 Å². The van der Waals surface area contributed by atoms with Gasteiger partial charge in [0.05, 0.1) is 16.6 Å². The van der Waals surface area contributed by atoms with E-state index in [1.165, 1.54) is 76.3 Å². The third-order valence-corrected chi connectivity index (χ3v) is 16.1. The van der Waals surface area contributed by atoms with Gasteiger partial charge in [-0.05, 0) is 177 Å². The molecule has 5 heteroatoms. The van der Waals surface area contributed by atoms with E-state index < -0.39 is 0 Å². The molecule has 0 fully saturated rings. The van der Waals surface area contributed by atoms with E-state index in [1.54, 1.807) is 0 Å². The lowest BCUT2D eigenvalue weighted by Crippen LogP contribution is -2.10. The maximum Gasteiger partial charge on any atom is 0.135 e. The lowest BCUT2D eigenvalue weighted by Gasteiger charge is -2.26. The Balaban J connectivity index is 0.914. The zero-order chi connectivity index (χ0) is 51.1. The molecule has 4 heterocycles. The van der Waals surface area contributed by atoms with E-state index in [-0.39, 0.29) is 5.41 Å². The zero-order valence-electron chi connectivity index (χ0n) is 42.8. The van der Waals surface area contributed by atoms with E-state index in [1.807, 2.05) is 24.3 Å². The van der Waals surface area contributed by atoms with Gasteiger partial charge in [-0.2, -0.15) is 0 Å². The second-order valence-corrected chi connectivity index (χ2v) is 21.8. The Morgan fingerprint density at radius 1 is 0.299 bits per heavy atom. The highest BCUT2D eigenvalue weighted by Crippen LogP contribution is 2.47. The first kappa shape index (κ1) is 43.5. The van der Waals surface area contributed by atoms with Gasteiger partial charge < -0.3 is 23.0 Å². The number of nitrogens with zero attached hydrogens (tertiary/aromatic N) is 3. The van der Waals surface area contributed by atoms with Gasteiger partial charge in [0.25, 0.3) is 0 Å². The molecule has 0 radical (unpaired) electrons. The smallest absolute Gasteiger partial charge is 0.135 e. The van der Waals surface area contributed by atoms with Crippen LogP contribution in [0.1, 0.15) is 26.3 Å². The monoisotopic (exact) mass is 987 g/mol. The zero-order valence-corrected chi connectivity index (χ0v) is 42.8. The fourth-order valence-electron chi connectivity index (χ4n) is 12.4. The Kier molecular flexibility index (Phi) is 9.24. The van der Waals surface area contributed by atoms with Crippen LogP contribution in [0, 0.1) is 0 Å². The van der Waals surface area contributed by atoms with Crippen molar-refractivity contribution in [3.63, 3.8) is 0 Å². The van der Waals surface area contributed by atoms with Crippen molar-refractivity contribution in [1.29, 1.82) is 0 Å². The highest BCUT2D eigenvalue weighted by molar-refractivity contribution is 6.27. The third-order valence-electron chi connectivity index (χ3n) is 16.1. The maximum absolute atomic E-state index is 6.30. The molecule has 16 rings (SSSR count). The Labute approximate surface area is 444 Å². The lowest BCUT2D eigenvalue weighted by atomic mass is 9.86.